The number of H-pyrrole nitrogens is 1. The number of hydrogen-bond acceptors (Lipinski definition) is 9. The minimum absolute atomic E-state index is 0.0178. The van der Waals surface area contributed by atoms with Crippen LogP contribution in [-0.4, -0.2) is 44.0 Å². The van der Waals surface area contributed by atoms with Gasteiger partial charge in [-0.1, -0.05) is 60.3 Å². The summed E-state index contributed by atoms with van der Waals surface area (Å²) < 4.78 is 12.7. The number of thioether (sulfide) groups is 1. The molecule has 0 aliphatic carbocycles. The van der Waals surface area contributed by atoms with Crippen LogP contribution in [0, 0.1) is 0 Å². The summed E-state index contributed by atoms with van der Waals surface area (Å²) in [6, 6.07) is 22.1. The van der Waals surface area contributed by atoms with Crippen molar-refractivity contribution in [3.8, 4) is 0 Å². The number of carbonyl (C=O) groups excluding carboxylic acids is 2. The van der Waals surface area contributed by atoms with E-state index >= 15 is 0 Å². The number of benzene rings is 3. The molecule has 0 radical (unpaired) electrons. The molecule has 11 nitrogen and oxygen atoms in total. The smallest absolute Gasteiger partial charge is 0.224 e. The van der Waals surface area contributed by atoms with Gasteiger partial charge in [0.15, 0.2) is 11.4 Å². The maximum Gasteiger partial charge on any atom is 0.224 e. The Morgan fingerprint density at radius 1 is 0.953 bits per heavy atom. The second-order valence-corrected chi connectivity index (χ2v) is 11.1. The molecule has 4 aromatic rings. The highest BCUT2D eigenvalue weighted by Gasteiger charge is 2.32. The molecule has 12 heteroatoms. The van der Waals surface area contributed by atoms with E-state index in [4.69, 9.17) is 15.2 Å². The van der Waals surface area contributed by atoms with Crippen molar-refractivity contribution in [1.82, 2.24) is 15.2 Å². The number of rotatable bonds is 12. The summed E-state index contributed by atoms with van der Waals surface area (Å²) in [7, 11) is 0. The number of anilines is 3. The zero-order valence-corrected chi connectivity index (χ0v) is 24.3. The first-order valence-corrected chi connectivity index (χ1v) is 15.0. The van der Waals surface area contributed by atoms with Crippen molar-refractivity contribution >= 4 is 40.6 Å². The first-order chi connectivity index (χ1) is 21.0. The van der Waals surface area contributed by atoms with Gasteiger partial charge in [0.25, 0.3) is 0 Å². The molecular weight excluding hydrogens is 568 g/mol. The van der Waals surface area contributed by atoms with Gasteiger partial charge in [0.2, 0.25) is 11.8 Å². The van der Waals surface area contributed by atoms with Crippen LogP contribution in [0.3, 0.4) is 0 Å². The number of nitrogens with two attached hydrogens (primary N) is 1. The zero-order valence-electron chi connectivity index (χ0n) is 23.4. The normalized spacial score (nSPS) is 18.2. The molecule has 6 N–H and O–H groups in total. The first-order valence-electron chi connectivity index (χ1n) is 14.0. The van der Waals surface area contributed by atoms with Gasteiger partial charge in [-0.2, -0.15) is 5.10 Å². The third-order valence-corrected chi connectivity index (χ3v) is 7.93. The Hall–Kier alpha value is -4.23. The van der Waals surface area contributed by atoms with Crippen LogP contribution in [0.4, 0.5) is 17.1 Å². The molecule has 3 unspecified atom stereocenters. The largest absolute Gasteiger partial charge is 0.397 e. The Balaban J connectivity index is 1.15. The van der Waals surface area contributed by atoms with Crippen LogP contribution in [0.25, 0.3) is 0 Å². The predicted molar refractivity (Wildman–Crippen MR) is 164 cm³/mol. The second-order valence-electron chi connectivity index (χ2n) is 10.1. The molecule has 1 aliphatic heterocycles. The number of nitrogens with one attached hydrogen (secondary N) is 3. The molecule has 1 fully saturated rings. The lowest BCUT2D eigenvalue weighted by molar-refractivity contribution is -0.245. The van der Waals surface area contributed by atoms with Crippen molar-refractivity contribution < 1.29 is 24.2 Å². The van der Waals surface area contributed by atoms with Crippen molar-refractivity contribution in [2.45, 2.75) is 55.9 Å². The Labute approximate surface area is 253 Å². The molecule has 224 valence electrons. The van der Waals surface area contributed by atoms with Gasteiger partial charge in [-0.15, -0.1) is 0 Å². The topological polar surface area (TPSA) is 164 Å². The minimum atomic E-state index is -0.612. The van der Waals surface area contributed by atoms with Gasteiger partial charge in [0, 0.05) is 36.3 Å². The molecule has 3 atom stereocenters. The van der Waals surface area contributed by atoms with E-state index in [1.807, 2.05) is 48.5 Å². The van der Waals surface area contributed by atoms with E-state index in [9.17, 15) is 14.7 Å². The fourth-order valence-electron chi connectivity index (χ4n) is 4.64. The Kier molecular flexibility index (Phi) is 10.4. The lowest BCUT2D eigenvalue weighted by atomic mass is 10.0. The number of aliphatic hydroxyl groups is 1. The number of nitrogen functional groups attached to an aromatic ring is 1. The Morgan fingerprint density at radius 3 is 2.37 bits per heavy atom. The number of hydrogen-bond donors (Lipinski definition) is 5. The molecule has 0 saturated carbocycles. The molecule has 2 amide bonds. The molecular formula is C31H34N6O5S. The summed E-state index contributed by atoms with van der Waals surface area (Å²) in [5.41, 5.74) is 10.2. The van der Waals surface area contributed by atoms with Crippen LogP contribution in [0.5, 0.6) is 0 Å². The summed E-state index contributed by atoms with van der Waals surface area (Å²) in [6.07, 6.45) is 2.00. The average Bonchev–Trinajstić information content (AvgIpc) is 3.55. The highest BCUT2D eigenvalue weighted by atomic mass is 32.2. The lowest BCUT2D eigenvalue weighted by Gasteiger charge is -2.36. The third kappa shape index (κ3) is 8.64. The zero-order chi connectivity index (χ0) is 30.0. The van der Waals surface area contributed by atoms with Gasteiger partial charge in [-0.05, 0) is 41.8 Å². The van der Waals surface area contributed by atoms with Crippen molar-refractivity contribution in [3.05, 3.63) is 95.8 Å². The summed E-state index contributed by atoms with van der Waals surface area (Å²) >= 11 is 1.53. The van der Waals surface area contributed by atoms with Crippen molar-refractivity contribution in [2.24, 2.45) is 0 Å². The highest BCUT2D eigenvalue weighted by Crippen LogP contribution is 2.39. The SMILES string of the molecule is Nc1ccccc1NC(=O)CCCC(=O)Nc1ccc(C2OC(CSc3ncn[nH]3)CC(c3ccc(CO)cc3)O2)cc1. The number of amides is 2. The van der Waals surface area contributed by atoms with Crippen LogP contribution >= 0.6 is 11.8 Å². The molecule has 0 spiro atoms. The number of ether oxygens (including phenoxy) is 2. The molecule has 1 aliphatic rings. The van der Waals surface area contributed by atoms with Gasteiger partial charge in [-0.25, -0.2) is 4.98 Å². The van der Waals surface area contributed by atoms with Crippen molar-refractivity contribution in [1.29, 1.82) is 0 Å². The van der Waals surface area contributed by atoms with Gasteiger partial charge in [0.1, 0.15) is 6.33 Å². The summed E-state index contributed by atoms with van der Waals surface area (Å²) in [5, 5.41) is 22.6. The molecule has 3 aromatic carbocycles. The summed E-state index contributed by atoms with van der Waals surface area (Å²) in [5.74, 6) is 0.286. The van der Waals surface area contributed by atoms with Crippen LogP contribution in [0.2, 0.25) is 0 Å². The van der Waals surface area contributed by atoms with Gasteiger partial charge >= 0.3 is 0 Å². The molecule has 43 heavy (non-hydrogen) atoms. The number of aliphatic hydroxyl groups excluding tert-OH is 1. The van der Waals surface area contributed by atoms with Gasteiger partial charge in [0.05, 0.1) is 30.2 Å². The van der Waals surface area contributed by atoms with Gasteiger partial charge in [-0.3, -0.25) is 14.7 Å². The maximum absolute atomic E-state index is 12.5. The van der Waals surface area contributed by atoms with Crippen molar-refractivity contribution in [2.75, 3.05) is 22.1 Å². The number of aromatic amines is 1. The van der Waals surface area contributed by atoms with Crippen LogP contribution in [0.15, 0.2) is 84.3 Å². The van der Waals surface area contributed by atoms with Gasteiger partial charge < -0.3 is 30.9 Å². The molecule has 2 heterocycles. The Morgan fingerprint density at radius 2 is 1.67 bits per heavy atom. The quantitative estimate of drug-likeness (QED) is 0.111. The second kappa shape index (κ2) is 14.8. The van der Waals surface area contributed by atoms with Crippen LogP contribution in [-0.2, 0) is 25.7 Å². The molecule has 5 rings (SSSR count). The summed E-state index contributed by atoms with van der Waals surface area (Å²) in [4.78, 5) is 28.9. The number of aromatic nitrogens is 3. The van der Waals surface area contributed by atoms with Crippen LogP contribution in [0.1, 0.15) is 54.8 Å². The number of para-hydroxylation sites is 2. The van der Waals surface area contributed by atoms with Crippen LogP contribution < -0.4 is 16.4 Å². The van der Waals surface area contributed by atoms with E-state index in [1.165, 1.54) is 18.1 Å². The monoisotopic (exact) mass is 602 g/mol. The first kappa shape index (κ1) is 30.2. The Bertz CT molecular complexity index is 1480. The van der Waals surface area contributed by atoms with E-state index in [0.29, 0.717) is 35.7 Å². The average molecular weight is 603 g/mol. The lowest BCUT2D eigenvalue weighted by Crippen LogP contribution is -2.31. The standard InChI is InChI=1S/C31H34N6O5S/c32-25-4-1-2-5-26(25)36-29(40)7-3-6-28(39)35-23-14-12-22(13-15-23)30-41-24(18-43-31-33-19-34-37-31)16-27(42-30)21-10-8-20(17-38)9-11-21/h1-2,4-5,8-15,19,24,27,30,38H,3,6-7,16-18,32H2,(H,35,39)(H,36,40)(H,33,34,37). The fourth-order valence-corrected chi connectivity index (χ4v) is 5.44. The third-order valence-electron chi connectivity index (χ3n) is 6.92. The summed E-state index contributed by atoms with van der Waals surface area (Å²) in [6.45, 7) is -0.0178. The highest BCUT2D eigenvalue weighted by molar-refractivity contribution is 7.99. The van der Waals surface area contributed by atoms with E-state index in [1.54, 1.807) is 24.3 Å². The fraction of sp³-hybridized carbons (Fsp3) is 0.290. The minimum Gasteiger partial charge on any atom is -0.397 e. The van der Waals surface area contributed by atoms with E-state index in [-0.39, 0.29) is 43.5 Å². The molecule has 1 aromatic heterocycles. The predicted octanol–water partition coefficient (Wildman–Crippen LogP) is 4.96. The van der Waals surface area contributed by atoms with E-state index in [2.05, 4.69) is 25.8 Å². The molecule has 1 saturated heterocycles. The van der Waals surface area contributed by atoms with Crippen molar-refractivity contribution in [3.63, 3.8) is 0 Å². The van der Waals surface area contributed by atoms with E-state index in [0.717, 1.165) is 21.8 Å². The van der Waals surface area contributed by atoms with E-state index < -0.39 is 6.29 Å². The molecule has 0 bridgehead atoms. The maximum atomic E-state index is 12.5. The number of carbonyl (C=O) groups is 2. The number of nitrogens with zero attached hydrogens (tertiary/aromatic N) is 2.